The average molecular weight is 370 g/mol. The van der Waals surface area contributed by atoms with Crippen molar-refractivity contribution in [2.45, 2.75) is 12.5 Å². The number of carbonyl (C=O) groups is 1. The first-order valence-electron chi connectivity index (χ1n) is 7.85. The van der Waals surface area contributed by atoms with Crippen molar-refractivity contribution in [1.29, 1.82) is 0 Å². The van der Waals surface area contributed by atoms with Gasteiger partial charge < -0.3 is 15.1 Å². The molecule has 2 rings (SSSR count). The van der Waals surface area contributed by atoms with E-state index in [-0.39, 0.29) is 23.2 Å². The zero-order valence-electron chi connectivity index (χ0n) is 14.2. The first-order chi connectivity index (χ1) is 11.7. The smallest absolute Gasteiger partial charge is 0.319 e. The Morgan fingerprint density at radius 2 is 1.92 bits per heavy atom. The molecule has 1 aliphatic heterocycles. The molecule has 1 saturated heterocycles. The van der Waals surface area contributed by atoms with Crippen molar-refractivity contribution >= 4 is 27.2 Å². The second-order valence-electron chi connectivity index (χ2n) is 6.29. The van der Waals surface area contributed by atoms with Crippen LogP contribution in [0.1, 0.15) is 6.42 Å². The van der Waals surface area contributed by atoms with Gasteiger partial charge in [-0.3, -0.25) is 10.1 Å². The zero-order chi connectivity index (χ0) is 18.6. The molecule has 25 heavy (non-hydrogen) atoms. The number of nitro benzene ring substituents is 1. The maximum absolute atomic E-state index is 12.6. The van der Waals surface area contributed by atoms with Crippen LogP contribution in [0.2, 0.25) is 0 Å². The molecule has 9 nitrogen and oxygen atoms in total. The standard InChI is InChI=1S/C15H22N4O5S/c1-17(2)8-9-18(14-7-10-25(23,24)11-14)15(20)16-12-3-5-13(6-4-12)19(21)22/h3-6,14H,7-11H2,1-2H3,(H,16,20)/t14-/m1/s1. The van der Waals surface area contributed by atoms with E-state index in [1.165, 1.54) is 29.2 Å². The van der Waals surface area contributed by atoms with Gasteiger partial charge in [0.25, 0.3) is 5.69 Å². The van der Waals surface area contributed by atoms with Gasteiger partial charge in [-0.15, -0.1) is 0 Å². The number of carbonyl (C=O) groups excluding carboxylic acids is 1. The van der Waals surface area contributed by atoms with Gasteiger partial charge in [-0.2, -0.15) is 0 Å². The number of benzene rings is 1. The third-order valence-corrected chi connectivity index (χ3v) is 5.78. The number of likely N-dealkylation sites (N-methyl/N-ethyl adjacent to an activating group) is 1. The van der Waals surface area contributed by atoms with E-state index in [1.807, 2.05) is 19.0 Å². The Balaban J connectivity index is 2.10. The molecule has 1 aromatic carbocycles. The van der Waals surface area contributed by atoms with Gasteiger partial charge in [0.2, 0.25) is 0 Å². The molecule has 0 bridgehead atoms. The van der Waals surface area contributed by atoms with Crippen LogP contribution in [0.5, 0.6) is 0 Å². The Kier molecular flexibility index (Phi) is 5.96. The van der Waals surface area contributed by atoms with E-state index in [2.05, 4.69) is 5.32 Å². The van der Waals surface area contributed by atoms with Crippen molar-refractivity contribution in [2.75, 3.05) is 44.0 Å². The summed E-state index contributed by atoms with van der Waals surface area (Å²) in [6, 6.07) is 4.75. The lowest BCUT2D eigenvalue weighted by atomic mass is 10.2. The summed E-state index contributed by atoms with van der Waals surface area (Å²) in [7, 11) is 0.635. The van der Waals surface area contributed by atoms with Crippen LogP contribution < -0.4 is 5.32 Å². The monoisotopic (exact) mass is 370 g/mol. The van der Waals surface area contributed by atoms with Gasteiger partial charge >= 0.3 is 6.03 Å². The number of urea groups is 1. The summed E-state index contributed by atoms with van der Waals surface area (Å²) in [5.74, 6) is 0.0506. The number of non-ortho nitro benzene ring substituents is 1. The maximum Gasteiger partial charge on any atom is 0.322 e. The van der Waals surface area contributed by atoms with E-state index < -0.39 is 20.8 Å². The van der Waals surface area contributed by atoms with Crippen LogP contribution in [0.3, 0.4) is 0 Å². The Morgan fingerprint density at radius 3 is 2.40 bits per heavy atom. The molecule has 0 aliphatic carbocycles. The Bertz CT molecular complexity index is 733. The van der Waals surface area contributed by atoms with E-state index in [1.54, 1.807) is 0 Å². The topological polar surface area (TPSA) is 113 Å². The summed E-state index contributed by atoms with van der Waals surface area (Å²) < 4.78 is 23.5. The van der Waals surface area contributed by atoms with Crippen LogP contribution in [0.15, 0.2) is 24.3 Å². The van der Waals surface area contributed by atoms with E-state index in [4.69, 9.17) is 0 Å². The second kappa shape index (κ2) is 7.79. The van der Waals surface area contributed by atoms with Crippen LogP contribution in [0.25, 0.3) is 0 Å². The molecule has 1 heterocycles. The molecule has 1 N–H and O–H groups in total. The number of nitrogens with zero attached hydrogens (tertiary/aromatic N) is 3. The summed E-state index contributed by atoms with van der Waals surface area (Å²) in [4.78, 5) is 26.2. The Morgan fingerprint density at radius 1 is 1.28 bits per heavy atom. The Hall–Kier alpha value is -2.20. The number of sulfone groups is 1. The van der Waals surface area contributed by atoms with E-state index in [0.29, 0.717) is 25.2 Å². The summed E-state index contributed by atoms with van der Waals surface area (Å²) in [5.41, 5.74) is 0.357. The van der Waals surface area contributed by atoms with E-state index in [9.17, 15) is 23.3 Å². The molecule has 138 valence electrons. The summed E-state index contributed by atoms with van der Waals surface area (Å²) in [6.07, 6.45) is 0.420. The van der Waals surface area contributed by atoms with Gasteiger partial charge in [0, 0.05) is 37.0 Å². The predicted molar refractivity (Wildman–Crippen MR) is 94.4 cm³/mol. The SMILES string of the molecule is CN(C)CCN(C(=O)Nc1ccc([N+](=O)[O-])cc1)[C@@H]1CCS(=O)(=O)C1. The highest BCUT2D eigenvalue weighted by Crippen LogP contribution is 2.20. The molecule has 0 aromatic heterocycles. The predicted octanol–water partition coefficient (Wildman–Crippen LogP) is 1.18. The van der Waals surface area contributed by atoms with E-state index >= 15 is 0 Å². The highest BCUT2D eigenvalue weighted by molar-refractivity contribution is 7.91. The molecule has 10 heteroatoms. The van der Waals surface area contributed by atoms with Crippen molar-refractivity contribution in [3.8, 4) is 0 Å². The van der Waals surface area contributed by atoms with Gasteiger partial charge in [0.15, 0.2) is 9.84 Å². The number of hydrogen-bond acceptors (Lipinski definition) is 6. The van der Waals surface area contributed by atoms with Crippen LogP contribution >= 0.6 is 0 Å². The summed E-state index contributed by atoms with van der Waals surface area (Å²) in [6.45, 7) is 0.996. The van der Waals surface area contributed by atoms with Gasteiger partial charge in [0.05, 0.1) is 16.4 Å². The lowest BCUT2D eigenvalue weighted by Crippen LogP contribution is -2.46. The quantitative estimate of drug-likeness (QED) is 0.594. The molecule has 1 aliphatic rings. The van der Waals surface area contributed by atoms with Crippen molar-refractivity contribution in [3.63, 3.8) is 0 Å². The number of nitrogens with one attached hydrogen (secondary N) is 1. The lowest BCUT2D eigenvalue weighted by Gasteiger charge is -2.29. The van der Waals surface area contributed by atoms with Gasteiger partial charge in [-0.1, -0.05) is 0 Å². The fourth-order valence-corrected chi connectivity index (χ4v) is 4.37. The molecule has 0 saturated carbocycles. The number of rotatable bonds is 6. The van der Waals surface area contributed by atoms with Crippen molar-refractivity contribution in [2.24, 2.45) is 0 Å². The Labute approximate surface area is 146 Å². The molecule has 0 radical (unpaired) electrons. The van der Waals surface area contributed by atoms with Crippen LogP contribution in [-0.4, -0.2) is 73.9 Å². The maximum atomic E-state index is 12.6. The van der Waals surface area contributed by atoms with Gasteiger partial charge in [-0.05, 0) is 32.6 Å². The third kappa shape index (κ3) is 5.40. The molecule has 1 fully saturated rings. The number of hydrogen-bond donors (Lipinski definition) is 1. The number of amides is 2. The molecular weight excluding hydrogens is 348 g/mol. The first kappa shape index (κ1) is 19.1. The fraction of sp³-hybridized carbons (Fsp3) is 0.533. The van der Waals surface area contributed by atoms with Crippen molar-refractivity contribution < 1.29 is 18.1 Å². The molecule has 1 aromatic rings. The van der Waals surface area contributed by atoms with Crippen molar-refractivity contribution in [3.05, 3.63) is 34.4 Å². The normalized spacial score (nSPS) is 18.9. The summed E-state index contributed by atoms with van der Waals surface area (Å²) in [5, 5.41) is 13.4. The largest absolute Gasteiger partial charge is 0.322 e. The van der Waals surface area contributed by atoms with Crippen LogP contribution in [-0.2, 0) is 9.84 Å². The highest BCUT2D eigenvalue weighted by Gasteiger charge is 2.34. The van der Waals surface area contributed by atoms with Gasteiger partial charge in [0.1, 0.15) is 0 Å². The molecule has 0 unspecified atom stereocenters. The summed E-state index contributed by atoms with van der Waals surface area (Å²) >= 11 is 0. The second-order valence-corrected chi connectivity index (χ2v) is 8.52. The molecule has 0 spiro atoms. The van der Waals surface area contributed by atoms with Crippen LogP contribution in [0, 0.1) is 10.1 Å². The highest BCUT2D eigenvalue weighted by atomic mass is 32.2. The minimum atomic E-state index is -3.11. The molecule has 2 amide bonds. The van der Waals surface area contributed by atoms with Gasteiger partial charge in [-0.25, -0.2) is 13.2 Å². The average Bonchev–Trinajstić information content (AvgIpc) is 2.87. The number of nitro groups is 1. The van der Waals surface area contributed by atoms with Crippen molar-refractivity contribution in [1.82, 2.24) is 9.80 Å². The van der Waals surface area contributed by atoms with E-state index in [0.717, 1.165) is 0 Å². The minimum Gasteiger partial charge on any atom is -0.319 e. The van der Waals surface area contributed by atoms with Crippen LogP contribution in [0.4, 0.5) is 16.2 Å². The number of anilines is 1. The zero-order valence-corrected chi connectivity index (χ0v) is 15.0. The first-order valence-corrected chi connectivity index (χ1v) is 9.67. The minimum absolute atomic E-state index is 0.0336. The molecular formula is C15H22N4O5S. The fourth-order valence-electron chi connectivity index (χ4n) is 2.64. The lowest BCUT2D eigenvalue weighted by molar-refractivity contribution is -0.384. The third-order valence-electron chi connectivity index (χ3n) is 4.03. The molecule has 1 atom stereocenters.